The smallest absolute Gasteiger partial charge is 0.339 e. The maximum absolute atomic E-state index is 12.8. The van der Waals surface area contributed by atoms with Crippen LogP contribution in [0, 0.1) is 5.82 Å². The normalized spacial score (nSPS) is 12.3. The van der Waals surface area contributed by atoms with Crippen LogP contribution in [0.15, 0.2) is 30.5 Å². The number of hydrogen-bond acceptors (Lipinski definition) is 3. The van der Waals surface area contributed by atoms with Gasteiger partial charge in [-0.1, -0.05) is 0 Å². The van der Waals surface area contributed by atoms with Crippen LogP contribution in [0.3, 0.4) is 0 Å². The Bertz CT molecular complexity index is 622. The Morgan fingerprint density at radius 3 is 2.50 bits per heavy atom. The molecule has 94 valence electrons. The predicted molar refractivity (Wildman–Crippen MR) is 64.0 cm³/mol. The van der Waals surface area contributed by atoms with E-state index >= 15 is 0 Å². The fraction of sp³-hybridized carbons (Fsp3) is 0.0909. The molecule has 1 unspecified atom stereocenters. The van der Waals surface area contributed by atoms with Gasteiger partial charge in [0.25, 0.3) is 0 Å². The van der Waals surface area contributed by atoms with Crippen LogP contribution in [0.25, 0.3) is 11.3 Å². The van der Waals surface area contributed by atoms with Gasteiger partial charge in [0.05, 0.1) is 6.20 Å². The van der Waals surface area contributed by atoms with E-state index in [0.717, 1.165) is 4.09 Å². The molecule has 0 amide bonds. The molecule has 7 heteroatoms. The van der Waals surface area contributed by atoms with E-state index in [0.29, 0.717) is 5.56 Å². The van der Waals surface area contributed by atoms with Gasteiger partial charge < -0.3 is 5.11 Å². The highest BCUT2D eigenvalue weighted by atomic mass is 32.2. The molecule has 1 heterocycles. The van der Waals surface area contributed by atoms with Crippen LogP contribution in [0.5, 0.6) is 0 Å². The Morgan fingerprint density at radius 1 is 1.39 bits per heavy atom. The minimum absolute atomic E-state index is 0.0724. The molecule has 5 nitrogen and oxygen atoms in total. The Labute approximate surface area is 104 Å². The summed E-state index contributed by atoms with van der Waals surface area (Å²) in [4.78, 5) is 11.1. The molecule has 2 aromatic rings. The number of hydrogen-bond donors (Lipinski definition) is 1. The third-order valence-corrected chi connectivity index (χ3v) is 3.02. The minimum Gasteiger partial charge on any atom is -0.478 e. The van der Waals surface area contributed by atoms with E-state index in [-0.39, 0.29) is 11.3 Å². The molecule has 1 N–H and O–H groups in total. The van der Waals surface area contributed by atoms with Gasteiger partial charge in [-0.2, -0.15) is 9.19 Å². The van der Waals surface area contributed by atoms with Gasteiger partial charge in [0.2, 0.25) is 0 Å². The second-order valence-electron chi connectivity index (χ2n) is 3.53. The van der Waals surface area contributed by atoms with E-state index in [4.69, 9.17) is 5.11 Å². The first kappa shape index (κ1) is 12.4. The Hall–Kier alpha value is -2.02. The molecule has 0 radical (unpaired) electrons. The number of carboxylic acid groups (broad SMARTS) is 1. The van der Waals surface area contributed by atoms with Crippen LogP contribution in [0.2, 0.25) is 0 Å². The average molecular weight is 268 g/mol. The summed E-state index contributed by atoms with van der Waals surface area (Å²) in [5.74, 6) is -1.60. The van der Waals surface area contributed by atoms with Crippen LogP contribution >= 0.6 is 0 Å². The first-order valence-corrected chi connectivity index (χ1v) is 6.43. The van der Waals surface area contributed by atoms with Crippen LogP contribution in [-0.2, 0) is 11.0 Å². The monoisotopic (exact) mass is 268 g/mol. The van der Waals surface area contributed by atoms with Crippen molar-refractivity contribution >= 4 is 17.0 Å². The molecule has 0 spiro atoms. The van der Waals surface area contributed by atoms with E-state index in [1.807, 2.05) is 0 Å². The number of benzene rings is 1. The quantitative estimate of drug-likeness (QED) is 0.916. The molecule has 0 aliphatic heterocycles. The van der Waals surface area contributed by atoms with Crippen LogP contribution in [0.1, 0.15) is 10.4 Å². The lowest BCUT2D eigenvalue weighted by molar-refractivity contribution is 0.0698. The van der Waals surface area contributed by atoms with Gasteiger partial charge in [0.1, 0.15) is 28.1 Å². The Kier molecular flexibility index (Phi) is 3.24. The summed E-state index contributed by atoms with van der Waals surface area (Å²) in [5.41, 5.74) is 0.549. The second-order valence-corrected chi connectivity index (χ2v) is 4.75. The zero-order valence-corrected chi connectivity index (χ0v) is 10.1. The summed E-state index contributed by atoms with van der Waals surface area (Å²) < 4.78 is 25.1. The number of rotatable bonds is 3. The van der Waals surface area contributed by atoms with Gasteiger partial charge >= 0.3 is 5.97 Å². The zero-order valence-electron chi connectivity index (χ0n) is 9.33. The summed E-state index contributed by atoms with van der Waals surface area (Å²) >= 11 is 0. The number of carboxylic acids is 1. The van der Waals surface area contributed by atoms with Crippen molar-refractivity contribution in [1.82, 2.24) is 9.19 Å². The van der Waals surface area contributed by atoms with Gasteiger partial charge in [-0.05, 0) is 24.3 Å². The van der Waals surface area contributed by atoms with Gasteiger partial charge in [0.15, 0.2) is 0 Å². The molecule has 0 saturated heterocycles. The highest BCUT2D eigenvalue weighted by Crippen LogP contribution is 2.22. The summed E-state index contributed by atoms with van der Waals surface area (Å²) in [7, 11) is -1.44. The number of aromatic nitrogens is 2. The third-order valence-electron chi connectivity index (χ3n) is 2.30. The predicted octanol–water partition coefficient (Wildman–Crippen LogP) is 1.53. The fourth-order valence-corrected chi connectivity index (χ4v) is 1.91. The van der Waals surface area contributed by atoms with Crippen LogP contribution in [0.4, 0.5) is 4.39 Å². The van der Waals surface area contributed by atoms with Crippen molar-refractivity contribution in [3.05, 3.63) is 41.8 Å². The van der Waals surface area contributed by atoms with Crippen molar-refractivity contribution < 1.29 is 18.5 Å². The van der Waals surface area contributed by atoms with Gasteiger partial charge in [-0.3, -0.25) is 0 Å². The lowest BCUT2D eigenvalue weighted by Gasteiger charge is -1.98. The van der Waals surface area contributed by atoms with E-state index in [9.17, 15) is 13.4 Å². The molecule has 1 atom stereocenters. The van der Waals surface area contributed by atoms with Crippen molar-refractivity contribution in [2.75, 3.05) is 6.26 Å². The molecule has 0 aliphatic carbocycles. The molecule has 2 rings (SSSR count). The summed E-state index contributed by atoms with van der Waals surface area (Å²) in [6.45, 7) is 0. The SMILES string of the molecule is CS(=O)n1cc(C(=O)O)c(-c2ccc(F)cc2)n1. The summed E-state index contributed by atoms with van der Waals surface area (Å²) in [6, 6.07) is 5.27. The van der Waals surface area contributed by atoms with E-state index < -0.39 is 22.8 Å². The highest BCUT2D eigenvalue weighted by molar-refractivity contribution is 7.82. The van der Waals surface area contributed by atoms with Crippen molar-refractivity contribution in [1.29, 1.82) is 0 Å². The molecule has 0 saturated carbocycles. The third kappa shape index (κ3) is 2.30. The van der Waals surface area contributed by atoms with Crippen molar-refractivity contribution in [2.24, 2.45) is 0 Å². The molecular formula is C11H9FN2O3S. The van der Waals surface area contributed by atoms with Crippen LogP contribution < -0.4 is 0 Å². The molecule has 0 bridgehead atoms. The second kappa shape index (κ2) is 4.69. The number of carbonyl (C=O) groups is 1. The molecule has 1 aromatic carbocycles. The summed E-state index contributed by atoms with van der Waals surface area (Å²) in [6.07, 6.45) is 2.57. The Balaban J connectivity index is 2.58. The number of nitrogens with zero attached hydrogens (tertiary/aromatic N) is 2. The molecule has 0 aliphatic rings. The average Bonchev–Trinajstić information content (AvgIpc) is 2.75. The van der Waals surface area contributed by atoms with E-state index in [1.165, 1.54) is 36.7 Å². The molecular weight excluding hydrogens is 259 g/mol. The minimum atomic E-state index is -1.44. The number of halogens is 1. The molecule has 18 heavy (non-hydrogen) atoms. The Morgan fingerprint density at radius 2 is 2.00 bits per heavy atom. The topological polar surface area (TPSA) is 72.2 Å². The first-order valence-electron chi connectivity index (χ1n) is 4.92. The highest BCUT2D eigenvalue weighted by Gasteiger charge is 2.18. The van der Waals surface area contributed by atoms with Gasteiger partial charge in [-0.15, -0.1) is 0 Å². The van der Waals surface area contributed by atoms with E-state index in [2.05, 4.69) is 5.10 Å². The van der Waals surface area contributed by atoms with E-state index in [1.54, 1.807) is 0 Å². The summed E-state index contributed by atoms with van der Waals surface area (Å²) in [5, 5.41) is 13.0. The van der Waals surface area contributed by atoms with Crippen molar-refractivity contribution in [3.8, 4) is 11.3 Å². The zero-order chi connectivity index (χ0) is 13.3. The fourth-order valence-electron chi connectivity index (χ4n) is 1.46. The van der Waals surface area contributed by atoms with Crippen LogP contribution in [-0.4, -0.2) is 30.7 Å². The number of aromatic carboxylic acids is 1. The largest absolute Gasteiger partial charge is 0.478 e. The van der Waals surface area contributed by atoms with Gasteiger partial charge in [-0.25, -0.2) is 13.4 Å². The van der Waals surface area contributed by atoms with Gasteiger partial charge in [0, 0.05) is 11.8 Å². The lowest BCUT2D eigenvalue weighted by atomic mass is 10.1. The maximum atomic E-state index is 12.8. The standard InChI is InChI=1S/C11H9FN2O3S/c1-18(17)14-6-9(11(15)16)10(13-14)7-2-4-8(12)5-3-7/h2-6H,1H3,(H,15,16). The molecule has 1 aromatic heterocycles. The first-order chi connectivity index (χ1) is 8.49. The lowest BCUT2D eigenvalue weighted by Crippen LogP contribution is -2.02. The maximum Gasteiger partial charge on any atom is 0.339 e. The van der Waals surface area contributed by atoms with Crippen molar-refractivity contribution in [3.63, 3.8) is 0 Å². The van der Waals surface area contributed by atoms with Crippen molar-refractivity contribution in [2.45, 2.75) is 0 Å². The molecule has 0 fully saturated rings.